The first-order chi connectivity index (χ1) is 9.99. The number of hydrogen-bond acceptors (Lipinski definition) is 2. The molecule has 0 unspecified atom stereocenters. The standard InChI is InChI=1S/C17H20ClFN2/c1-12(2)21(10-13-6-3-4-9-16(13)20)11-14-7-5-8-15(18)17(14)19/h3-9,12H,10-11,20H2,1-2H3. The molecule has 0 fully saturated rings. The molecule has 0 saturated heterocycles. The molecule has 0 aliphatic carbocycles. The van der Waals surface area contributed by atoms with Crippen molar-refractivity contribution < 1.29 is 4.39 Å². The van der Waals surface area contributed by atoms with E-state index in [-0.39, 0.29) is 16.9 Å². The van der Waals surface area contributed by atoms with Gasteiger partial charge >= 0.3 is 0 Å². The summed E-state index contributed by atoms with van der Waals surface area (Å²) in [5.74, 6) is -0.342. The first-order valence-corrected chi connectivity index (χ1v) is 7.37. The lowest BCUT2D eigenvalue weighted by atomic mass is 10.1. The second-order valence-corrected chi connectivity index (χ2v) is 5.82. The summed E-state index contributed by atoms with van der Waals surface area (Å²) in [6.45, 7) is 5.35. The second-order valence-electron chi connectivity index (χ2n) is 5.41. The van der Waals surface area contributed by atoms with Crippen LogP contribution < -0.4 is 5.73 Å². The number of hydrogen-bond donors (Lipinski definition) is 1. The predicted octanol–water partition coefficient (Wildman–Crippen LogP) is 4.47. The van der Waals surface area contributed by atoms with Gasteiger partial charge in [0.1, 0.15) is 5.82 Å². The Balaban J connectivity index is 2.20. The van der Waals surface area contributed by atoms with Gasteiger partial charge in [-0.1, -0.05) is 41.9 Å². The van der Waals surface area contributed by atoms with E-state index in [2.05, 4.69) is 18.7 Å². The number of rotatable bonds is 5. The number of para-hydroxylation sites is 1. The van der Waals surface area contributed by atoms with Crippen LogP contribution in [0.3, 0.4) is 0 Å². The normalized spacial score (nSPS) is 11.3. The Labute approximate surface area is 130 Å². The van der Waals surface area contributed by atoms with Crippen LogP contribution in [-0.2, 0) is 13.1 Å². The molecule has 0 heterocycles. The van der Waals surface area contributed by atoms with Crippen LogP contribution >= 0.6 is 11.6 Å². The van der Waals surface area contributed by atoms with E-state index in [0.29, 0.717) is 18.7 Å². The van der Waals surface area contributed by atoms with Crippen molar-refractivity contribution in [3.8, 4) is 0 Å². The van der Waals surface area contributed by atoms with E-state index in [4.69, 9.17) is 17.3 Å². The molecule has 21 heavy (non-hydrogen) atoms. The number of nitrogens with two attached hydrogens (primary N) is 1. The smallest absolute Gasteiger partial charge is 0.146 e. The maximum absolute atomic E-state index is 14.1. The molecule has 0 aliphatic heterocycles. The van der Waals surface area contributed by atoms with Gasteiger partial charge in [0.2, 0.25) is 0 Å². The lowest BCUT2D eigenvalue weighted by Crippen LogP contribution is -2.30. The molecule has 0 radical (unpaired) electrons. The van der Waals surface area contributed by atoms with Crippen molar-refractivity contribution in [2.75, 3.05) is 5.73 Å². The van der Waals surface area contributed by atoms with Gasteiger partial charge in [-0.3, -0.25) is 4.90 Å². The summed E-state index contributed by atoms with van der Waals surface area (Å²) in [4.78, 5) is 2.17. The first-order valence-electron chi connectivity index (χ1n) is 6.99. The zero-order valence-corrected chi connectivity index (χ0v) is 13.1. The van der Waals surface area contributed by atoms with Crippen molar-refractivity contribution in [2.45, 2.75) is 33.0 Å². The molecule has 0 amide bonds. The molecule has 2 aromatic rings. The maximum Gasteiger partial charge on any atom is 0.146 e. The molecule has 0 saturated carbocycles. The zero-order valence-electron chi connectivity index (χ0n) is 12.3. The van der Waals surface area contributed by atoms with Crippen LogP contribution in [0.1, 0.15) is 25.0 Å². The summed E-state index contributed by atoms with van der Waals surface area (Å²) in [5, 5.41) is 0.162. The summed E-state index contributed by atoms with van der Waals surface area (Å²) in [6, 6.07) is 13.1. The van der Waals surface area contributed by atoms with Gasteiger partial charge in [-0.2, -0.15) is 0 Å². The van der Waals surface area contributed by atoms with E-state index in [9.17, 15) is 4.39 Å². The van der Waals surface area contributed by atoms with E-state index in [1.165, 1.54) is 0 Å². The SMILES string of the molecule is CC(C)N(Cc1ccccc1N)Cc1cccc(Cl)c1F. The number of benzene rings is 2. The second kappa shape index (κ2) is 6.92. The third kappa shape index (κ3) is 3.96. The molecule has 0 atom stereocenters. The summed E-state index contributed by atoms with van der Waals surface area (Å²) >= 11 is 5.85. The van der Waals surface area contributed by atoms with Crippen molar-refractivity contribution in [1.82, 2.24) is 4.90 Å². The fourth-order valence-electron chi connectivity index (χ4n) is 2.21. The summed E-state index contributed by atoms with van der Waals surface area (Å²) < 4.78 is 14.1. The van der Waals surface area contributed by atoms with E-state index < -0.39 is 0 Å². The Morgan fingerprint density at radius 2 is 1.67 bits per heavy atom. The molecular weight excluding hydrogens is 287 g/mol. The van der Waals surface area contributed by atoms with E-state index in [1.54, 1.807) is 18.2 Å². The number of nitrogens with zero attached hydrogens (tertiary/aromatic N) is 1. The predicted molar refractivity (Wildman–Crippen MR) is 86.6 cm³/mol. The highest BCUT2D eigenvalue weighted by atomic mass is 35.5. The number of nitrogen functional groups attached to an aromatic ring is 1. The molecule has 112 valence electrons. The first kappa shape index (κ1) is 15.8. The van der Waals surface area contributed by atoms with Crippen molar-refractivity contribution in [3.05, 3.63) is 64.4 Å². The van der Waals surface area contributed by atoms with E-state index in [1.807, 2.05) is 24.3 Å². The van der Waals surface area contributed by atoms with E-state index >= 15 is 0 Å². The molecule has 2 N–H and O–H groups in total. The zero-order chi connectivity index (χ0) is 15.4. The fraction of sp³-hybridized carbons (Fsp3) is 0.294. The topological polar surface area (TPSA) is 29.3 Å². The van der Waals surface area contributed by atoms with E-state index in [0.717, 1.165) is 11.3 Å². The Morgan fingerprint density at radius 3 is 2.33 bits per heavy atom. The van der Waals surface area contributed by atoms with Crippen molar-refractivity contribution >= 4 is 17.3 Å². The number of anilines is 1. The lowest BCUT2D eigenvalue weighted by Gasteiger charge is -2.27. The maximum atomic E-state index is 14.1. The highest BCUT2D eigenvalue weighted by Gasteiger charge is 2.15. The highest BCUT2D eigenvalue weighted by Crippen LogP contribution is 2.22. The van der Waals surface area contributed by atoms with Crippen LogP contribution in [-0.4, -0.2) is 10.9 Å². The minimum atomic E-state index is -0.342. The highest BCUT2D eigenvalue weighted by molar-refractivity contribution is 6.30. The molecular formula is C17H20ClFN2. The van der Waals surface area contributed by atoms with Gasteiger partial charge < -0.3 is 5.73 Å². The van der Waals surface area contributed by atoms with Crippen LogP contribution in [0.15, 0.2) is 42.5 Å². The lowest BCUT2D eigenvalue weighted by molar-refractivity contribution is 0.201. The van der Waals surface area contributed by atoms with Crippen LogP contribution in [0, 0.1) is 5.82 Å². The van der Waals surface area contributed by atoms with Crippen molar-refractivity contribution in [3.63, 3.8) is 0 Å². The van der Waals surface area contributed by atoms with Gasteiger partial charge in [-0.15, -0.1) is 0 Å². The minimum Gasteiger partial charge on any atom is -0.398 e. The molecule has 2 nitrogen and oxygen atoms in total. The third-order valence-corrected chi connectivity index (χ3v) is 3.86. The van der Waals surface area contributed by atoms with Crippen LogP contribution in [0.25, 0.3) is 0 Å². The van der Waals surface area contributed by atoms with Gasteiger partial charge in [0.25, 0.3) is 0 Å². The summed E-state index contributed by atoms with van der Waals surface area (Å²) in [5.41, 5.74) is 8.41. The van der Waals surface area contributed by atoms with Crippen LogP contribution in [0.4, 0.5) is 10.1 Å². The molecule has 0 aromatic heterocycles. The van der Waals surface area contributed by atoms with Gasteiger partial charge in [-0.05, 0) is 31.5 Å². The minimum absolute atomic E-state index is 0.162. The fourth-order valence-corrected chi connectivity index (χ4v) is 2.40. The average molecular weight is 307 g/mol. The molecule has 2 aromatic carbocycles. The van der Waals surface area contributed by atoms with Gasteiger partial charge in [0.15, 0.2) is 0 Å². The molecule has 4 heteroatoms. The van der Waals surface area contributed by atoms with Crippen LogP contribution in [0.5, 0.6) is 0 Å². The molecule has 2 rings (SSSR count). The van der Waals surface area contributed by atoms with Crippen molar-refractivity contribution in [2.24, 2.45) is 0 Å². The van der Waals surface area contributed by atoms with Gasteiger partial charge in [0, 0.05) is 30.4 Å². The van der Waals surface area contributed by atoms with Crippen LogP contribution in [0.2, 0.25) is 5.02 Å². The summed E-state index contributed by atoms with van der Waals surface area (Å²) in [6.07, 6.45) is 0. The quantitative estimate of drug-likeness (QED) is 0.826. The summed E-state index contributed by atoms with van der Waals surface area (Å²) in [7, 11) is 0. The molecule has 0 aliphatic rings. The molecule has 0 spiro atoms. The largest absolute Gasteiger partial charge is 0.398 e. The Kier molecular flexibility index (Phi) is 5.21. The third-order valence-electron chi connectivity index (χ3n) is 3.56. The molecule has 0 bridgehead atoms. The Morgan fingerprint density at radius 1 is 1.05 bits per heavy atom. The average Bonchev–Trinajstić information content (AvgIpc) is 2.45. The Hall–Kier alpha value is -1.58. The Bertz CT molecular complexity index is 613. The van der Waals surface area contributed by atoms with Crippen molar-refractivity contribution in [1.29, 1.82) is 0 Å². The van der Waals surface area contributed by atoms with Gasteiger partial charge in [0.05, 0.1) is 5.02 Å². The van der Waals surface area contributed by atoms with Gasteiger partial charge in [-0.25, -0.2) is 4.39 Å². The number of halogens is 2. The monoisotopic (exact) mass is 306 g/mol.